The monoisotopic (exact) mass is 474 g/mol. The number of para-hydroxylation sites is 2. The summed E-state index contributed by atoms with van der Waals surface area (Å²) in [6.07, 6.45) is -0.619. The zero-order chi connectivity index (χ0) is 24.0. The highest BCUT2D eigenvalue weighted by Crippen LogP contribution is 2.22. The molecule has 0 saturated carbocycles. The summed E-state index contributed by atoms with van der Waals surface area (Å²) < 4.78 is 17.4. The maximum atomic E-state index is 12.8. The Morgan fingerprint density at radius 3 is 2.34 bits per heavy atom. The van der Waals surface area contributed by atoms with Crippen LogP contribution in [0, 0.1) is 0 Å². The molecular formula is C28H30N2O5. The molecule has 1 aromatic heterocycles. The number of benzene rings is 3. The molecule has 7 heteroatoms. The van der Waals surface area contributed by atoms with Crippen LogP contribution in [0.4, 0.5) is 0 Å². The average Bonchev–Trinajstić information content (AvgIpc) is 2.89. The molecule has 0 radical (unpaired) electrons. The molecule has 0 bridgehead atoms. The number of hydrogen-bond acceptors (Lipinski definition) is 7. The second-order valence-electron chi connectivity index (χ2n) is 8.85. The molecule has 1 saturated heterocycles. The van der Waals surface area contributed by atoms with E-state index in [0.29, 0.717) is 40.8 Å². The van der Waals surface area contributed by atoms with Crippen LogP contribution in [0.15, 0.2) is 82.0 Å². The molecular weight excluding hydrogens is 444 g/mol. The van der Waals surface area contributed by atoms with Crippen molar-refractivity contribution in [3.8, 4) is 11.5 Å². The van der Waals surface area contributed by atoms with Crippen LogP contribution in [0.5, 0.6) is 11.5 Å². The lowest BCUT2D eigenvalue weighted by Crippen LogP contribution is -2.50. The lowest BCUT2D eigenvalue weighted by molar-refractivity contribution is 0.0436. The Morgan fingerprint density at radius 1 is 0.800 bits per heavy atom. The van der Waals surface area contributed by atoms with E-state index >= 15 is 0 Å². The van der Waals surface area contributed by atoms with Crippen molar-refractivity contribution in [2.45, 2.75) is 6.10 Å². The second-order valence-corrected chi connectivity index (χ2v) is 8.85. The molecule has 0 spiro atoms. The lowest BCUT2D eigenvalue weighted by atomic mass is 10.1. The minimum atomic E-state index is -0.619. The largest absolute Gasteiger partial charge is 0.492 e. The third kappa shape index (κ3) is 5.82. The van der Waals surface area contributed by atoms with E-state index < -0.39 is 6.10 Å². The summed E-state index contributed by atoms with van der Waals surface area (Å²) in [5.74, 6) is 1.44. The number of piperazine rings is 1. The standard InChI is InChI=1S/C28H30N2O5/c31-21(19-30-14-12-29(13-15-30)16-17-33-22-6-2-1-3-7-22)20-34-23-10-11-27-25(18-23)28(32)24-8-4-5-9-26(24)35-27/h1-11,18,21,31H,12-17,19-20H2. The molecule has 5 rings (SSSR count). The Labute approximate surface area is 204 Å². The third-order valence-corrected chi connectivity index (χ3v) is 6.34. The van der Waals surface area contributed by atoms with E-state index in [1.807, 2.05) is 42.5 Å². The number of aliphatic hydroxyl groups is 1. The minimum Gasteiger partial charge on any atom is -0.492 e. The Bertz CT molecular complexity index is 1320. The first-order chi connectivity index (χ1) is 17.2. The SMILES string of the molecule is O=c1c2ccccc2oc2ccc(OCC(O)CN3CCN(CCOc4ccccc4)CC3)cc12. The van der Waals surface area contributed by atoms with Gasteiger partial charge in [0.2, 0.25) is 5.43 Å². The van der Waals surface area contributed by atoms with Gasteiger partial charge in [-0.1, -0.05) is 30.3 Å². The number of hydrogen-bond donors (Lipinski definition) is 1. The van der Waals surface area contributed by atoms with Gasteiger partial charge in [-0.25, -0.2) is 0 Å². The highest BCUT2D eigenvalue weighted by molar-refractivity contribution is 5.90. The van der Waals surface area contributed by atoms with E-state index in [9.17, 15) is 9.90 Å². The molecule has 2 heterocycles. The van der Waals surface area contributed by atoms with Gasteiger partial charge in [0, 0.05) is 39.3 Å². The Balaban J connectivity index is 1.08. The van der Waals surface area contributed by atoms with Gasteiger partial charge in [-0.3, -0.25) is 14.6 Å². The summed E-state index contributed by atoms with van der Waals surface area (Å²) in [6, 6.07) is 22.3. The fourth-order valence-corrected chi connectivity index (χ4v) is 4.42. The van der Waals surface area contributed by atoms with Gasteiger partial charge in [0.25, 0.3) is 0 Å². The molecule has 182 valence electrons. The van der Waals surface area contributed by atoms with Crippen LogP contribution in [0.3, 0.4) is 0 Å². The van der Waals surface area contributed by atoms with E-state index in [1.165, 1.54) is 0 Å². The van der Waals surface area contributed by atoms with Crippen LogP contribution in [-0.4, -0.2) is 73.5 Å². The van der Waals surface area contributed by atoms with E-state index in [0.717, 1.165) is 38.5 Å². The van der Waals surface area contributed by atoms with Gasteiger partial charge >= 0.3 is 0 Å². The molecule has 7 nitrogen and oxygen atoms in total. The second kappa shape index (κ2) is 10.9. The first-order valence-electron chi connectivity index (χ1n) is 12.0. The van der Waals surface area contributed by atoms with Crippen LogP contribution in [0.2, 0.25) is 0 Å². The number of rotatable bonds is 9. The molecule has 1 fully saturated rings. The molecule has 3 aromatic carbocycles. The predicted molar refractivity (Wildman–Crippen MR) is 136 cm³/mol. The minimum absolute atomic E-state index is 0.0834. The Hall–Kier alpha value is -3.39. The molecule has 1 N–H and O–H groups in total. The maximum Gasteiger partial charge on any atom is 0.200 e. The van der Waals surface area contributed by atoms with Crippen molar-refractivity contribution in [1.29, 1.82) is 0 Å². The Morgan fingerprint density at radius 2 is 1.51 bits per heavy atom. The summed E-state index contributed by atoms with van der Waals surface area (Å²) in [5, 5.41) is 11.5. The molecule has 1 atom stereocenters. The van der Waals surface area contributed by atoms with Crippen LogP contribution in [-0.2, 0) is 0 Å². The predicted octanol–water partition coefficient (Wildman–Crippen LogP) is 3.38. The summed E-state index contributed by atoms with van der Waals surface area (Å²) >= 11 is 0. The van der Waals surface area contributed by atoms with Crippen LogP contribution in [0.25, 0.3) is 21.9 Å². The molecule has 0 amide bonds. The van der Waals surface area contributed by atoms with Crippen molar-refractivity contribution in [2.24, 2.45) is 0 Å². The van der Waals surface area contributed by atoms with Gasteiger partial charge in [0.1, 0.15) is 42.0 Å². The highest BCUT2D eigenvalue weighted by Gasteiger charge is 2.19. The number of β-amino-alcohol motifs (C(OH)–C–C–N with tert-alkyl or cyclic N) is 1. The topological polar surface area (TPSA) is 75.4 Å². The van der Waals surface area contributed by atoms with E-state index in [-0.39, 0.29) is 12.0 Å². The zero-order valence-electron chi connectivity index (χ0n) is 19.6. The van der Waals surface area contributed by atoms with Gasteiger partial charge in [-0.15, -0.1) is 0 Å². The van der Waals surface area contributed by atoms with Crippen molar-refractivity contribution in [1.82, 2.24) is 9.80 Å². The highest BCUT2D eigenvalue weighted by atomic mass is 16.5. The average molecular weight is 475 g/mol. The fraction of sp³-hybridized carbons (Fsp3) is 0.321. The van der Waals surface area contributed by atoms with Gasteiger partial charge in [0.05, 0.1) is 10.8 Å². The van der Waals surface area contributed by atoms with Gasteiger partial charge in [-0.05, 0) is 42.5 Å². The lowest BCUT2D eigenvalue weighted by Gasteiger charge is -2.35. The number of nitrogens with zero attached hydrogens (tertiary/aromatic N) is 2. The van der Waals surface area contributed by atoms with Crippen LogP contribution in [0.1, 0.15) is 0 Å². The third-order valence-electron chi connectivity index (χ3n) is 6.34. The first-order valence-corrected chi connectivity index (χ1v) is 12.0. The molecule has 0 aliphatic carbocycles. The van der Waals surface area contributed by atoms with E-state index in [4.69, 9.17) is 13.9 Å². The quantitative estimate of drug-likeness (QED) is 0.373. The van der Waals surface area contributed by atoms with E-state index in [2.05, 4.69) is 9.80 Å². The van der Waals surface area contributed by atoms with Crippen molar-refractivity contribution < 1.29 is 19.0 Å². The van der Waals surface area contributed by atoms with Crippen LogP contribution < -0.4 is 14.9 Å². The van der Waals surface area contributed by atoms with Crippen molar-refractivity contribution in [3.05, 3.63) is 83.0 Å². The number of aliphatic hydroxyl groups excluding tert-OH is 1. The smallest absolute Gasteiger partial charge is 0.200 e. The van der Waals surface area contributed by atoms with E-state index in [1.54, 1.807) is 30.3 Å². The summed E-state index contributed by atoms with van der Waals surface area (Å²) in [7, 11) is 0. The van der Waals surface area contributed by atoms with Crippen molar-refractivity contribution in [2.75, 3.05) is 52.5 Å². The first kappa shape index (κ1) is 23.4. The summed E-state index contributed by atoms with van der Waals surface area (Å²) in [6.45, 7) is 5.95. The summed E-state index contributed by atoms with van der Waals surface area (Å²) in [5.41, 5.74) is 1.01. The maximum absolute atomic E-state index is 12.8. The molecule has 35 heavy (non-hydrogen) atoms. The zero-order valence-corrected chi connectivity index (χ0v) is 19.6. The van der Waals surface area contributed by atoms with Gasteiger partial charge in [-0.2, -0.15) is 0 Å². The van der Waals surface area contributed by atoms with Crippen molar-refractivity contribution in [3.63, 3.8) is 0 Å². The fourth-order valence-electron chi connectivity index (χ4n) is 4.42. The number of fused-ring (bicyclic) bond motifs is 2. The number of ether oxygens (including phenoxy) is 2. The van der Waals surface area contributed by atoms with Gasteiger partial charge in [0.15, 0.2) is 0 Å². The molecule has 4 aromatic rings. The molecule has 1 unspecified atom stereocenters. The molecule has 1 aliphatic heterocycles. The van der Waals surface area contributed by atoms with Crippen LogP contribution >= 0.6 is 0 Å². The summed E-state index contributed by atoms with van der Waals surface area (Å²) in [4.78, 5) is 17.5. The van der Waals surface area contributed by atoms with Crippen molar-refractivity contribution >= 4 is 21.9 Å². The Kier molecular flexibility index (Phi) is 7.28. The normalized spacial score (nSPS) is 15.9. The van der Waals surface area contributed by atoms with Gasteiger partial charge < -0.3 is 19.0 Å². The molecule has 1 aliphatic rings.